The van der Waals surface area contributed by atoms with E-state index in [1.807, 2.05) is 50.2 Å². The minimum atomic E-state index is 0.0892. The van der Waals surface area contributed by atoms with Gasteiger partial charge in [-0.05, 0) is 60.4 Å². The van der Waals surface area contributed by atoms with Gasteiger partial charge in [0.2, 0.25) is 0 Å². The molecule has 0 atom stereocenters. The third kappa shape index (κ3) is 4.35. The topological polar surface area (TPSA) is 59.0 Å². The Kier molecular flexibility index (Phi) is 5.97. The zero-order valence-electron chi connectivity index (χ0n) is 13.5. The van der Waals surface area contributed by atoms with E-state index in [1.165, 1.54) is 0 Å². The van der Waals surface area contributed by atoms with Gasteiger partial charge in [0.1, 0.15) is 23.4 Å². The maximum atomic E-state index is 9.13. The Morgan fingerprint density at radius 2 is 2.00 bits per heavy atom. The number of nitrogens with two attached hydrogens (primary N) is 1. The van der Waals surface area contributed by atoms with Gasteiger partial charge in [0.15, 0.2) is 0 Å². The molecule has 0 saturated heterocycles. The highest BCUT2D eigenvalue weighted by atomic mass is 35.5. The van der Waals surface area contributed by atoms with E-state index in [0.29, 0.717) is 17.4 Å². The summed E-state index contributed by atoms with van der Waals surface area (Å²) < 4.78 is 5.81. The summed E-state index contributed by atoms with van der Waals surface area (Å²) in [6.45, 7) is 4.38. The van der Waals surface area contributed by atoms with Crippen LogP contribution in [0.1, 0.15) is 22.3 Å². The number of ether oxygens (including phenoxy) is 1. The smallest absolute Gasteiger partial charge is 0.138 e. The molecule has 0 amide bonds. The molecule has 0 aromatic heterocycles. The number of benzene rings is 2. The summed E-state index contributed by atoms with van der Waals surface area (Å²) >= 11 is 11.0. The van der Waals surface area contributed by atoms with Crippen molar-refractivity contribution in [1.82, 2.24) is 0 Å². The molecular weight excluding hydrogens is 340 g/mol. The first-order valence-electron chi connectivity index (χ1n) is 7.31. The SMILES string of the molecule is Cc1cc(C)c(COc2ccccc2Cl)cc1/C=C(\C#N)C(N)=S. The minimum Gasteiger partial charge on any atom is -0.487 e. The first-order chi connectivity index (χ1) is 11.4. The summed E-state index contributed by atoms with van der Waals surface area (Å²) in [5, 5.41) is 9.70. The molecule has 0 spiro atoms. The number of thiocarbonyl (C=S) groups is 1. The van der Waals surface area contributed by atoms with Crippen molar-refractivity contribution in [3.8, 4) is 11.8 Å². The van der Waals surface area contributed by atoms with Crippen molar-refractivity contribution >= 4 is 34.9 Å². The Bertz CT molecular complexity index is 853. The second-order valence-electron chi connectivity index (χ2n) is 5.39. The third-order valence-corrected chi connectivity index (χ3v) is 4.16. The number of halogens is 1. The maximum absolute atomic E-state index is 9.13. The van der Waals surface area contributed by atoms with E-state index in [4.69, 9.17) is 39.6 Å². The molecule has 0 bridgehead atoms. The number of rotatable bonds is 5. The Morgan fingerprint density at radius 1 is 1.29 bits per heavy atom. The van der Waals surface area contributed by atoms with Crippen molar-refractivity contribution < 1.29 is 4.74 Å². The Hall–Kier alpha value is -2.35. The van der Waals surface area contributed by atoms with E-state index in [0.717, 1.165) is 22.3 Å². The zero-order valence-corrected chi connectivity index (χ0v) is 15.0. The predicted molar refractivity (Wildman–Crippen MR) is 102 cm³/mol. The maximum Gasteiger partial charge on any atom is 0.138 e. The fraction of sp³-hybridized carbons (Fsp3) is 0.158. The largest absolute Gasteiger partial charge is 0.487 e. The van der Waals surface area contributed by atoms with Crippen LogP contribution < -0.4 is 10.5 Å². The van der Waals surface area contributed by atoms with Crippen molar-refractivity contribution in [3.05, 3.63) is 69.2 Å². The standard InChI is InChI=1S/C19H17ClN2OS/c1-12-7-13(2)16(9-14(12)8-15(10-21)19(22)24)11-23-18-6-4-3-5-17(18)20/h3-9H,11H2,1-2H3,(H2,22,24)/b15-8+. The van der Waals surface area contributed by atoms with E-state index in [-0.39, 0.29) is 10.6 Å². The number of nitriles is 1. The number of para-hydroxylation sites is 1. The van der Waals surface area contributed by atoms with Crippen LogP contribution in [0.15, 0.2) is 42.0 Å². The van der Waals surface area contributed by atoms with Gasteiger partial charge in [-0.2, -0.15) is 5.26 Å². The van der Waals surface area contributed by atoms with Crippen LogP contribution in [0.2, 0.25) is 5.02 Å². The first-order valence-corrected chi connectivity index (χ1v) is 8.10. The molecule has 0 aliphatic heterocycles. The van der Waals surface area contributed by atoms with Gasteiger partial charge < -0.3 is 10.5 Å². The lowest BCUT2D eigenvalue weighted by atomic mass is 9.98. The molecule has 24 heavy (non-hydrogen) atoms. The Labute approximate surface area is 152 Å². The fourth-order valence-electron chi connectivity index (χ4n) is 2.26. The summed E-state index contributed by atoms with van der Waals surface area (Å²) in [5.41, 5.74) is 9.89. The lowest BCUT2D eigenvalue weighted by Gasteiger charge is -2.13. The van der Waals surface area contributed by atoms with Crippen LogP contribution in [-0.2, 0) is 6.61 Å². The summed E-state index contributed by atoms with van der Waals surface area (Å²) in [6, 6.07) is 13.4. The van der Waals surface area contributed by atoms with E-state index in [1.54, 1.807) is 12.1 Å². The van der Waals surface area contributed by atoms with Crippen LogP contribution in [0, 0.1) is 25.2 Å². The molecule has 0 unspecified atom stereocenters. The molecule has 0 saturated carbocycles. The molecule has 2 aromatic rings. The Balaban J connectivity index is 2.32. The van der Waals surface area contributed by atoms with Crippen LogP contribution in [-0.4, -0.2) is 4.99 Å². The molecule has 3 nitrogen and oxygen atoms in total. The molecular formula is C19H17ClN2OS. The average Bonchev–Trinajstić information content (AvgIpc) is 2.54. The molecule has 0 aliphatic carbocycles. The van der Waals surface area contributed by atoms with Gasteiger partial charge in [0.25, 0.3) is 0 Å². The quantitative estimate of drug-likeness (QED) is 0.478. The van der Waals surface area contributed by atoms with Gasteiger partial charge in [-0.1, -0.05) is 42.0 Å². The van der Waals surface area contributed by atoms with Gasteiger partial charge in [0.05, 0.1) is 10.6 Å². The molecule has 2 rings (SSSR count). The zero-order chi connectivity index (χ0) is 17.7. The van der Waals surface area contributed by atoms with Crippen molar-refractivity contribution in [2.75, 3.05) is 0 Å². The van der Waals surface area contributed by atoms with Gasteiger partial charge in [-0.3, -0.25) is 0 Å². The van der Waals surface area contributed by atoms with Crippen molar-refractivity contribution in [2.45, 2.75) is 20.5 Å². The summed E-state index contributed by atoms with van der Waals surface area (Å²) in [4.78, 5) is 0.0892. The highest BCUT2D eigenvalue weighted by Gasteiger charge is 2.08. The van der Waals surface area contributed by atoms with Crippen LogP contribution in [0.5, 0.6) is 5.75 Å². The number of hydrogen-bond acceptors (Lipinski definition) is 3. The molecule has 0 radical (unpaired) electrons. The van der Waals surface area contributed by atoms with E-state index in [9.17, 15) is 0 Å². The predicted octanol–water partition coefficient (Wildman–Crippen LogP) is 4.73. The lowest BCUT2D eigenvalue weighted by molar-refractivity contribution is 0.305. The molecule has 2 N–H and O–H groups in total. The molecule has 122 valence electrons. The van der Waals surface area contributed by atoms with Crippen molar-refractivity contribution in [1.29, 1.82) is 5.26 Å². The lowest BCUT2D eigenvalue weighted by Crippen LogP contribution is -2.10. The fourth-order valence-corrected chi connectivity index (χ4v) is 2.55. The molecule has 0 heterocycles. The number of nitrogens with zero attached hydrogens (tertiary/aromatic N) is 1. The summed E-state index contributed by atoms with van der Waals surface area (Å²) in [6.07, 6.45) is 1.70. The highest BCUT2D eigenvalue weighted by Crippen LogP contribution is 2.25. The average molecular weight is 357 g/mol. The highest BCUT2D eigenvalue weighted by molar-refractivity contribution is 7.80. The first kappa shape index (κ1) is 18.0. The second-order valence-corrected chi connectivity index (χ2v) is 6.24. The normalized spacial score (nSPS) is 11.0. The summed E-state index contributed by atoms with van der Waals surface area (Å²) in [7, 11) is 0. The minimum absolute atomic E-state index is 0.0892. The molecule has 2 aromatic carbocycles. The monoisotopic (exact) mass is 356 g/mol. The number of aryl methyl sites for hydroxylation is 2. The molecule has 5 heteroatoms. The van der Waals surface area contributed by atoms with Crippen molar-refractivity contribution in [2.24, 2.45) is 5.73 Å². The van der Waals surface area contributed by atoms with E-state index < -0.39 is 0 Å². The molecule has 0 fully saturated rings. The van der Waals surface area contributed by atoms with Gasteiger partial charge in [-0.15, -0.1) is 0 Å². The van der Waals surface area contributed by atoms with E-state index >= 15 is 0 Å². The van der Waals surface area contributed by atoms with Gasteiger partial charge >= 0.3 is 0 Å². The van der Waals surface area contributed by atoms with Crippen LogP contribution in [0.4, 0.5) is 0 Å². The van der Waals surface area contributed by atoms with Crippen molar-refractivity contribution in [3.63, 3.8) is 0 Å². The Morgan fingerprint density at radius 3 is 2.62 bits per heavy atom. The second kappa shape index (κ2) is 7.96. The number of hydrogen-bond donors (Lipinski definition) is 1. The van der Waals surface area contributed by atoms with Gasteiger partial charge in [-0.25, -0.2) is 0 Å². The van der Waals surface area contributed by atoms with Crippen LogP contribution in [0.3, 0.4) is 0 Å². The third-order valence-electron chi connectivity index (χ3n) is 3.63. The molecule has 0 aliphatic rings. The van der Waals surface area contributed by atoms with Crippen LogP contribution >= 0.6 is 23.8 Å². The van der Waals surface area contributed by atoms with Crippen LogP contribution in [0.25, 0.3) is 6.08 Å². The van der Waals surface area contributed by atoms with Gasteiger partial charge in [0, 0.05) is 0 Å². The summed E-state index contributed by atoms with van der Waals surface area (Å²) in [5.74, 6) is 0.636. The van der Waals surface area contributed by atoms with E-state index in [2.05, 4.69) is 0 Å².